The maximum absolute atomic E-state index is 14.4. The molecule has 220 valence electrons. The van der Waals surface area contributed by atoms with Gasteiger partial charge in [0.05, 0.1) is 17.4 Å². The lowest BCUT2D eigenvalue weighted by Crippen LogP contribution is -2.54. The van der Waals surface area contributed by atoms with Crippen molar-refractivity contribution in [3.8, 4) is 10.7 Å². The molecule has 3 atom stereocenters. The van der Waals surface area contributed by atoms with Crippen molar-refractivity contribution in [1.29, 1.82) is 0 Å². The molecule has 1 aliphatic heterocycles. The second-order valence-corrected chi connectivity index (χ2v) is 14.0. The summed E-state index contributed by atoms with van der Waals surface area (Å²) in [5.74, 6) is -3.92. The number of rotatable bonds is 9. The van der Waals surface area contributed by atoms with Crippen LogP contribution in [0.1, 0.15) is 70.5 Å². The Morgan fingerprint density at radius 2 is 1.80 bits per heavy atom. The summed E-state index contributed by atoms with van der Waals surface area (Å²) in [5, 5.41) is 10.8. The van der Waals surface area contributed by atoms with Crippen LogP contribution in [-0.2, 0) is 10.0 Å². The highest BCUT2D eigenvalue weighted by molar-refractivity contribution is 7.89. The third-order valence-corrected chi connectivity index (χ3v) is 9.55. The smallest absolute Gasteiger partial charge is 0.291 e. The van der Waals surface area contributed by atoms with Gasteiger partial charge in [0, 0.05) is 44.2 Å². The van der Waals surface area contributed by atoms with Crippen molar-refractivity contribution in [1.82, 2.24) is 29.6 Å². The molecule has 1 saturated carbocycles. The Balaban J connectivity index is 1.73. The van der Waals surface area contributed by atoms with Gasteiger partial charge in [0.1, 0.15) is 10.6 Å². The molecule has 1 saturated heterocycles. The zero-order valence-electron chi connectivity index (χ0n) is 22.8. The number of alkyl halides is 4. The van der Waals surface area contributed by atoms with E-state index in [9.17, 15) is 26.0 Å². The summed E-state index contributed by atoms with van der Waals surface area (Å²) in [4.78, 5) is 6.69. The van der Waals surface area contributed by atoms with E-state index in [1.165, 1.54) is 26.1 Å². The first-order valence-electron chi connectivity index (χ1n) is 13.2. The summed E-state index contributed by atoms with van der Waals surface area (Å²) >= 11 is 0.725. The number of hydrogen-bond donors (Lipinski definition) is 2. The molecule has 5 rings (SSSR count). The standard InChI is InChI=1S/C25H33F4N7O2S2/c1-12(2)20(25(5,28)29)34-40(37,38)16-8-17(35-9-13(3)30-14(4)10-35)22-31-18(15-6-7-15)19(36(22)11-16)23-32-33-24(39-23)21(26)27/h8,11-15,20-21,30,34H,6-7,9-10H2,1-5H3/t13-,14-,20+/m0/s1. The number of imidazole rings is 1. The lowest BCUT2D eigenvalue weighted by molar-refractivity contribution is -0.0255. The number of nitrogens with zero attached hydrogens (tertiary/aromatic N) is 5. The van der Waals surface area contributed by atoms with Crippen LogP contribution in [0.5, 0.6) is 0 Å². The van der Waals surface area contributed by atoms with Gasteiger partial charge in [-0.2, -0.15) is 0 Å². The molecule has 2 N–H and O–H groups in total. The summed E-state index contributed by atoms with van der Waals surface area (Å²) in [5.41, 5.74) is 2.00. The predicted octanol–water partition coefficient (Wildman–Crippen LogP) is 4.81. The molecule has 0 amide bonds. The lowest BCUT2D eigenvalue weighted by atomic mass is 10.0. The molecule has 0 aromatic carbocycles. The van der Waals surface area contributed by atoms with Gasteiger partial charge in [-0.3, -0.25) is 4.40 Å². The Morgan fingerprint density at radius 3 is 2.33 bits per heavy atom. The second-order valence-electron chi connectivity index (χ2n) is 11.3. The maximum Gasteiger partial charge on any atom is 0.291 e. The molecule has 2 fully saturated rings. The van der Waals surface area contributed by atoms with Crippen LogP contribution >= 0.6 is 11.3 Å². The number of fused-ring (bicyclic) bond motifs is 1. The van der Waals surface area contributed by atoms with E-state index in [4.69, 9.17) is 4.98 Å². The average Bonchev–Trinajstić information content (AvgIpc) is 3.43. The van der Waals surface area contributed by atoms with Crippen molar-refractivity contribution in [2.45, 2.75) is 88.7 Å². The monoisotopic (exact) mass is 603 g/mol. The van der Waals surface area contributed by atoms with E-state index in [1.807, 2.05) is 18.7 Å². The van der Waals surface area contributed by atoms with E-state index in [1.54, 1.807) is 4.40 Å². The number of aromatic nitrogens is 4. The molecule has 4 heterocycles. The molecule has 0 bridgehead atoms. The zero-order chi connectivity index (χ0) is 29.1. The summed E-state index contributed by atoms with van der Waals surface area (Å²) in [6.45, 7) is 8.85. The Hall–Kier alpha value is -2.36. The summed E-state index contributed by atoms with van der Waals surface area (Å²) in [6, 6.07) is -0.0103. The minimum absolute atomic E-state index is 0.0739. The molecule has 15 heteroatoms. The van der Waals surface area contributed by atoms with Gasteiger partial charge in [0.15, 0.2) is 15.7 Å². The molecular weight excluding hydrogens is 570 g/mol. The van der Waals surface area contributed by atoms with Crippen LogP contribution in [0.15, 0.2) is 17.2 Å². The highest BCUT2D eigenvalue weighted by atomic mass is 32.2. The first kappa shape index (κ1) is 29.1. The summed E-state index contributed by atoms with van der Waals surface area (Å²) < 4.78 is 86.7. The normalized spacial score (nSPS) is 21.6. The minimum atomic E-state index is -4.44. The molecule has 1 aliphatic carbocycles. The van der Waals surface area contributed by atoms with Crippen molar-refractivity contribution >= 4 is 32.7 Å². The van der Waals surface area contributed by atoms with Gasteiger partial charge in [0.25, 0.3) is 12.3 Å². The quantitative estimate of drug-likeness (QED) is 0.338. The van der Waals surface area contributed by atoms with Crippen molar-refractivity contribution < 1.29 is 26.0 Å². The van der Waals surface area contributed by atoms with Gasteiger partial charge in [-0.05, 0) is 38.7 Å². The molecule has 0 radical (unpaired) electrons. The number of nitrogens with one attached hydrogen (secondary N) is 2. The number of anilines is 1. The summed E-state index contributed by atoms with van der Waals surface area (Å²) in [7, 11) is -4.44. The van der Waals surface area contributed by atoms with Crippen molar-refractivity contribution in [3.63, 3.8) is 0 Å². The van der Waals surface area contributed by atoms with E-state index in [0.29, 0.717) is 42.7 Å². The highest BCUT2D eigenvalue weighted by Crippen LogP contribution is 2.46. The molecule has 40 heavy (non-hydrogen) atoms. The zero-order valence-corrected chi connectivity index (χ0v) is 24.5. The molecule has 0 unspecified atom stereocenters. The number of pyridine rings is 1. The van der Waals surface area contributed by atoms with Crippen molar-refractivity contribution in [2.24, 2.45) is 5.92 Å². The van der Waals surface area contributed by atoms with Crippen LogP contribution in [-0.4, -0.2) is 65.1 Å². The van der Waals surface area contributed by atoms with Gasteiger partial charge in [-0.15, -0.1) is 10.2 Å². The van der Waals surface area contributed by atoms with Gasteiger partial charge in [0.2, 0.25) is 10.0 Å². The Morgan fingerprint density at radius 1 is 1.15 bits per heavy atom. The molecular formula is C25H33F4N7O2S2. The third-order valence-electron chi connectivity index (χ3n) is 7.20. The number of sulfonamides is 1. The SMILES string of the molecule is CC(C)[C@@H](NS(=O)(=O)c1cc(N2C[C@H](C)N[C@@H](C)C2)c2nc(C3CC3)c(-c3nnc(C(F)F)s3)n2c1)C(C)(F)F. The predicted molar refractivity (Wildman–Crippen MR) is 145 cm³/mol. The second kappa shape index (κ2) is 10.5. The van der Waals surface area contributed by atoms with E-state index in [2.05, 4.69) is 20.2 Å². The van der Waals surface area contributed by atoms with E-state index in [0.717, 1.165) is 24.2 Å². The fourth-order valence-corrected chi connectivity index (χ4v) is 7.57. The van der Waals surface area contributed by atoms with Gasteiger partial charge < -0.3 is 10.2 Å². The maximum atomic E-state index is 14.4. The Bertz CT molecular complexity index is 1490. The third kappa shape index (κ3) is 5.70. The topological polar surface area (TPSA) is 105 Å². The Labute approximate surface area is 234 Å². The van der Waals surface area contributed by atoms with Gasteiger partial charge in [-0.1, -0.05) is 25.2 Å². The fraction of sp³-hybridized carbons (Fsp3) is 0.640. The van der Waals surface area contributed by atoms with Gasteiger partial charge in [-0.25, -0.2) is 35.7 Å². The molecule has 2 aliphatic rings. The van der Waals surface area contributed by atoms with Crippen molar-refractivity contribution in [2.75, 3.05) is 18.0 Å². The average molecular weight is 604 g/mol. The first-order chi connectivity index (χ1) is 18.7. The Kier molecular flexibility index (Phi) is 7.64. The van der Waals surface area contributed by atoms with Crippen LogP contribution in [0, 0.1) is 5.92 Å². The van der Waals surface area contributed by atoms with Crippen LogP contribution in [0.4, 0.5) is 23.2 Å². The van der Waals surface area contributed by atoms with E-state index < -0.39 is 39.3 Å². The number of piperazine rings is 1. The highest BCUT2D eigenvalue weighted by Gasteiger charge is 2.40. The first-order valence-corrected chi connectivity index (χ1v) is 15.5. The summed E-state index contributed by atoms with van der Waals surface area (Å²) in [6.07, 6.45) is 0.211. The van der Waals surface area contributed by atoms with Crippen LogP contribution in [0.2, 0.25) is 0 Å². The van der Waals surface area contributed by atoms with Crippen molar-refractivity contribution in [3.05, 3.63) is 23.0 Å². The van der Waals surface area contributed by atoms with Crippen LogP contribution in [0.3, 0.4) is 0 Å². The molecule has 0 spiro atoms. The molecule has 3 aromatic rings. The lowest BCUT2D eigenvalue weighted by Gasteiger charge is -2.37. The van der Waals surface area contributed by atoms with Crippen LogP contribution < -0.4 is 14.9 Å². The largest absolute Gasteiger partial charge is 0.365 e. The number of hydrogen-bond acceptors (Lipinski definition) is 8. The fourth-order valence-electron chi connectivity index (χ4n) is 5.36. The molecule has 9 nitrogen and oxygen atoms in total. The van der Waals surface area contributed by atoms with Crippen LogP contribution in [0.25, 0.3) is 16.3 Å². The van der Waals surface area contributed by atoms with Gasteiger partial charge >= 0.3 is 0 Å². The number of halogens is 4. The van der Waals surface area contributed by atoms with E-state index in [-0.39, 0.29) is 27.9 Å². The van der Waals surface area contributed by atoms with E-state index >= 15 is 0 Å². The minimum Gasteiger partial charge on any atom is -0.365 e. The molecule has 3 aromatic heterocycles.